The standard InChI is InChI=1S/C22H25NO5/c1-16-5-4-6-17(11-13-22(2,3)14-12-20(16)24)15-28-21(25)18-7-9-19(10-8-18)23(26)27/h5,7-12,14H,4,6,13,15H2,1-3H3/b14-12-,16-5-,17-11+. The molecule has 0 atom stereocenters. The number of ketones is 1. The zero-order valence-corrected chi connectivity index (χ0v) is 16.4. The normalized spacial score (nSPS) is 22.0. The fourth-order valence-corrected chi connectivity index (χ4v) is 2.68. The van der Waals surface area contributed by atoms with Crippen LogP contribution >= 0.6 is 0 Å². The Labute approximate surface area is 164 Å². The average molecular weight is 383 g/mol. The molecule has 0 aliphatic heterocycles. The van der Waals surface area contributed by atoms with E-state index in [2.05, 4.69) is 6.08 Å². The second-order valence-corrected chi connectivity index (χ2v) is 7.56. The molecule has 0 amide bonds. The molecule has 0 unspecified atom stereocenters. The smallest absolute Gasteiger partial charge is 0.338 e. The van der Waals surface area contributed by atoms with Gasteiger partial charge in [-0.25, -0.2) is 4.79 Å². The van der Waals surface area contributed by atoms with E-state index in [0.717, 1.165) is 12.0 Å². The minimum Gasteiger partial charge on any atom is -0.458 e. The monoisotopic (exact) mass is 383 g/mol. The van der Waals surface area contributed by atoms with Crippen molar-refractivity contribution in [2.24, 2.45) is 5.41 Å². The number of nitro groups is 1. The fraction of sp³-hybridized carbons (Fsp3) is 0.364. The number of ether oxygens (including phenoxy) is 1. The number of non-ortho nitro benzene ring substituents is 1. The van der Waals surface area contributed by atoms with E-state index < -0.39 is 10.9 Å². The number of nitro benzene ring substituents is 1. The van der Waals surface area contributed by atoms with Crippen molar-refractivity contribution < 1.29 is 19.2 Å². The highest BCUT2D eigenvalue weighted by molar-refractivity contribution is 6.03. The molecule has 0 spiro atoms. The summed E-state index contributed by atoms with van der Waals surface area (Å²) in [5.41, 5.74) is 1.70. The molecule has 0 N–H and O–H groups in total. The Kier molecular flexibility index (Phi) is 7.04. The van der Waals surface area contributed by atoms with Gasteiger partial charge < -0.3 is 4.74 Å². The average Bonchev–Trinajstić information content (AvgIpc) is 2.68. The first-order valence-electron chi connectivity index (χ1n) is 9.18. The first-order chi connectivity index (χ1) is 13.2. The van der Waals surface area contributed by atoms with Crippen LogP contribution in [0, 0.1) is 15.5 Å². The van der Waals surface area contributed by atoms with Gasteiger partial charge in [-0.2, -0.15) is 0 Å². The van der Waals surface area contributed by atoms with Crippen LogP contribution in [0.5, 0.6) is 0 Å². The summed E-state index contributed by atoms with van der Waals surface area (Å²) in [5.74, 6) is -0.507. The second-order valence-electron chi connectivity index (χ2n) is 7.56. The largest absolute Gasteiger partial charge is 0.458 e. The molecule has 1 aliphatic carbocycles. The zero-order valence-electron chi connectivity index (χ0n) is 16.4. The molecule has 0 aromatic heterocycles. The second kappa shape index (κ2) is 9.26. The predicted octanol–water partition coefficient (Wildman–Crippen LogP) is 4.96. The maximum absolute atomic E-state index is 12.2. The van der Waals surface area contributed by atoms with Crippen LogP contribution in [0.15, 0.2) is 59.7 Å². The van der Waals surface area contributed by atoms with E-state index >= 15 is 0 Å². The van der Waals surface area contributed by atoms with E-state index in [9.17, 15) is 19.7 Å². The SMILES string of the molecule is C/C1=C/CC/C(COC(=O)c2ccc([N+](=O)[O-])cc2)=C\CC(C)(C)/C=C\C1=O. The lowest BCUT2D eigenvalue weighted by Crippen LogP contribution is -2.10. The summed E-state index contributed by atoms with van der Waals surface area (Å²) in [6.45, 7) is 6.04. The number of benzene rings is 1. The Morgan fingerprint density at radius 2 is 1.89 bits per heavy atom. The number of rotatable bonds is 4. The van der Waals surface area contributed by atoms with E-state index in [1.807, 2.05) is 26.0 Å². The van der Waals surface area contributed by atoms with Crippen LogP contribution in [-0.2, 0) is 9.53 Å². The van der Waals surface area contributed by atoms with Gasteiger partial charge in [0.1, 0.15) is 6.61 Å². The van der Waals surface area contributed by atoms with Crippen molar-refractivity contribution >= 4 is 17.4 Å². The summed E-state index contributed by atoms with van der Waals surface area (Å²) in [6, 6.07) is 5.33. The number of carbonyl (C=O) groups excluding carboxylic acids is 2. The lowest BCUT2D eigenvalue weighted by atomic mass is 9.87. The first-order valence-corrected chi connectivity index (χ1v) is 9.18. The molecule has 28 heavy (non-hydrogen) atoms. The molecule has 1 aromatic rings. The van der Waals surface area contributed by atoms with Crippen LogP contribution in [0.4, 0.5) is 5.69 Å². The highest BCUT2D eigenvalue weighted by atomic mass is 16.6. The number of nitrogens with zero attached hydrogens (tertiary/aromatic N) is 1. The molecule has 0 radical (unpaired) electrons. The Bertz CT molecular complexity index is 844. The van der Waals surface area contributed by atoms with Gasteiger partial charge in [-0.1, -0.05) is 32.1 Å². The maximum Gasteiger partial charge on any atom is 0.338 e. The van der Waals surface area contributed by atoms with Crippen LogP contribution in [0.1, 0.15) is 50.4 Å². The van der Waals surface area contributed by atoms with Gasteiger partial charge in [0.05, 0.1) is 10.5 Å². The first kappa shape index (κ1) is 21.3. The Balaban J connectivity index is 2.07. The van der Waals surface area contributed by atoms with Crippen LogP contribution in [-0.4, -0.2) is 23.3 Å². The number of hydrogen-bond donors (Lipinski definition) is 0. The fourth-order valence-electron chi connectivity index (χ4n) is 2.68. The van der Waals surface area contributed by atoms with Gasteiger partial charge in [0.2, 0.25) is 0 Å². The third-order valence-electron chi connectivity index (χ3n) is 4.61. The predicted molar refractivity (Wildman–Crippen MR) is 107 cm³/mol. The summed E-state index contributed by atoms with van der Waals surface area (Å²) >= 11 is 0. The third-order valence-corrected chi connectivity index (χ3v) is 4.61. The lowest BCUT2D eigenvalue weighted by Gasteiger charge is -2.18. The molecule has 148 valence electrons. The Morgan fingerprint density at radius 3 is 2.54 bits per heavy atom. The summed E-state index contributed by atoms with van der Waals surface area (Å²) in [6.07, 6.45) is 9.60. The van der Waals surface area contributed by atoms with Crippen LogP contribution in [0.2, 0.25) is 0 Å². The third kappa shape index (κ3) is 6.30. The molecule has 0 bridgehead atoms. The van der Waals surface area contributed by atoms with Crippen molar-refractivity contribution in [2.75, 3.05) is 6.61 Å². The van der Waals surface area contributed by atoms with Gasteiger partial charge in [-0.15, -0.1) is 0 Å². The molecule has 6 nitrogen and oxygen atoms in total. The van der Waals surface area contributed by atoms with Gasteiger partial charge in [0, 0.05) is 12.1 Å². The van der Waals surface area contributed by atoms with Gasteiger partial charge >= 0.3 is 5.97 Å². The van der Waals surface area contributed by atoms with Crippen molar-refractivity contribution in [1.29, 1.82) is 0 Å². The van der Waals surface area contributed by atoms with Crippen molar-refractivity contribution in [2.45, 2.75) is 40.0 Å². The molecule has 1 aromatic carbocycles. The van der Waals surface area contributed by atoms with Crippen LogP contribution in [0.3, 0.4) is 0 Å². The summed E-state index contributed by atoms with van der Waals surface area (Å²) < 4.78 is 5.40. The molecule has 1 aliphatic rings. The van der Waals surface area contributed by atoms with Gasteiger partial charge in [-0.05, 0) is 61.0 Å². The minimum absolute atomic E-state index is 0.0149. The van der Waals surface area contributed by atoms with Crippen molar-refractivity contribution in [3.05, 3.63) is 75.4 Å². The number of allylic oxidation sites excluding steroid dienone is 5. The summed E-state index contributed by atoms with van der Waals surface area (Å²) in [4.78, 5) is 34.5. The van der Waals surface area contributed by atoms with E-state index in [4.69, 9.17) is 4.74 Å². The van der Waals surface area contributed by atoms with E-state index in [0.29, 0.717) is 18.4 Å². The van der Waals surface area contributed by atoms with Crippen molar-refractivity contribution in [1.82, 2.24) is 0 Å². The van der Waals surface area contributed by atoms with Crippen LogP contribution in [0.25, 0.3) is 0 Å². The van der Waals surface area contributed by atoms with E-state index in [1.54, 1.807) is 13.0 Å². The molecule has 6 heteroatoms. The number of hydrogen-bond acceptors (Lipinski definition) is 5. The Hall–Kier alpha value is -3.02. The molecule has 0 heterocycles. The van der Waals surface area contributed by atoms with Gasteiger partial charge in [0.25, 0.3) is 5.69 Å². The molecule has 2 rings (SSSR count). The maximum atomic E-state index is 12.2. The van der Waals surface area contributed by atoms with Crippen molar-refractivity contribution in [3.8, 4) is 0 Å². The summed E-state index contributed by atoms with van der Waals surface area (Å²) in [7, 11) is 0. The quantitative estimate of drug-likeness (QED) is 0.317. The van der Waals surface area contributed by atoms with Gasteiger partial charge in [-0.3, -0.25) is 14.9 Å². The zero-order chi connectivity index (χ0) is 20.7. The molecular weight excluding hydrogens is 358 g/mol. The van der Waals surface area contributed by atoms with Crippen LogP contribution < -0.4 is 0 Å². The van der Waals surface area contributed by atoms with Gasteiger partial charge in [0.15, 0.2) is 5.78 Å². The van der Waals surface area contributed by atoms with Crippen molar-refractivity contribution in [3.63, 3.8) is 0 Å². The topological polar surface area (TPSA) is 86.5 Å². The highest BCUT2D eigenvalue weighted by Gasteiger charge is 2.16. The molecule has 0 saturated heterocycles. The lowest BCUT2D eigenvalue weighted by molar-refractivity contribution is -0.384. The van der Waals surface area contributed by atoms with E-state index in [1.165, 1.54) is 24.3 Å². The molecular formula is C22H25NO5. The minimum atomic E-state index is -0.522. The number of carbonyl (C=O) groups is 2. The number of esters is 1. The molecule has 0 saturated carbocycles. The highest BCUT2D eigenvalue weighted by Crippen LogP contribution is 2.26. The summed E-state index contributed by atoms with van der Waals surface area (Å²) in [5, 5.41) is 10.7. The molecule has 0 fully saturated rings. The Morgan fingerprint density at radius 1 is 1.21 bits per heavy atom. The van der Waals surface area contributed by atoms with E-state index in [-0.39, 0.29) is 29.1 Å².